The first-order chi connectivity index (χ1) is 8.75. The lowest BCUT2D eigenvalue weighted by Crippen LogP contribution is -2.31. The molecule has 0 spiro atoms. The zero-order valence-corrected chi connectivity index (χ0v) is 10.7. The number of ether oxygens (including phenoxy) is 1. The number of hydrogen-bond acceptors (Lipinski definition) is 3. The highest BCUT2D eigenvalue weighted by atomic mass is 16.5. The molecule has 3 heteroatoms. The van der Waals surface area contributed by atoms with E-state index < -0.39 is 0 Å². The van der Waals surface area contributed by atoms with E-state index in [1.54, 1.807) is 0 Å². The van der Waals surface area contributed by atoms with Gasteiger partial charge in [0.05, 0.1) is 12.1 Å². The summed E-state index contributed by atoms with van der Waals surface area (Å²) in [6.07, 6.45) is 3.46. The van der Waals surface area contributed by atoms with Gasteiger partial charge in [0, 0.05) is 12.0 Å². The standard InChI is InChI=1S/C15H19NO2/c1-10-5-4-6-11-9-13(18-15(10)11)14(16)12-7-2-3-8-17-12/h4-6,9,12,14H,2-3,7-8,16H2,1H3. The first-order valence-electron chi connectivity index (χ1n) is 6.62. The first kappa shape index (κ1) is 11.8. The van der Waals surface area contributed by atoms with E-state index in [0.717, 1.165) is 41.7 Å². The molecule has 1 saturated heterocycles. The Balaban J connectivity index is 1.91. The SMILES string of the molecule is Cc1cccc2cc(C(N)C3CCCCO3)oc12. The highest BCUT2D eigenvalue weighted by Crippen LogP contribution is 2.30. The maximum Gasteiger partial charge on any atom is 0.137 e. The van der Waals surface area contributed by atoms with Gasteiger partial charge in [0.25, 0.3) is 0 Å². The average Bonchev–Trinajstić information content (AvgIpc) is 2.84. The summed E-state index contributed by atoms with van der Waals surface area (Å²) < 4.78 is 11.6. The van der Waals surface area contributed by atoms with Crippen LogP contribution in [0.2, 0.25) is 0 Å². The Morgan fingerprint density at radius 1 is 1.33 bits per heavy atom. The lowest BCUT2D eigenvalue weighted by molar-refractivity contribution is -0.00362. The van der Waals surface area contributed by atoms with Gasteiger partial charge in [-0.1, -0.05) is 18.2 Å². The third kappa shape index (κ3) is 2.04. The summed E-state index contributed by atoms with van der Waals surface area (Å²) in [5.74, 6) is 0.839. The Morgan fingerprint density at radius 3 is 2.94 bits per heavy atom. The van der Waals surface area contributed by atoms with Crippen LogP contribution in [-0.2, 0) is 4.74 Å². The number of furan rings is 1. The summed E-state index contributed by atoms with van der Waals surface area (Å²) in [6.45, 7) is 2.87. The van der Waals surface area contributed by atoms with E-state index in [0.29, 0.717) is 0 Å². The summed E-state index contributed by atoms with van der Waals surface area (Å²) >= 11 is 0. The summed E-state index contributed by atoms with van der Waals surface area (Å²) in [4.78, 5) is 0. The molecule has 2 aromatic rings. The van der Waals surface area contributed by atoms with E-state index in [4.69, 9.17) is 14.9 Å². The summed E-state index contributed by atoms with van der Waals surface area (Å²) in [5.41, 5.74) is 8.36. The Morgan fingerprint density at radius 2 is 2.22 bits per heavy atom. The lowest BCUT2D eigenvalue weighted by atomic mass is 10.0. The van der Waals surface area contributed by atoms with E-state index in [2.05, 4.69) is 19.1 Å². The molecular formula is C15H19NO2. The van der Waals surface area contributed by atoms with Crippen LogP contribution in [0.5, 0.6) is 0 Å². The van der Waals surface area contributed by atoms with Crippen molar-refractivity contribution in [1.82, 2.24) is 0 Å². The molecule has 1 aromatic heterocycles. The van der Waals surface area contributed by atoms with Gasteiger partial charge in [0.1, 0.15) is 11.3 Å². The van der Waals surface area contributed by atoms with E-state index >= 15 is 0 Å². The first-order valence-corrected chi connectivity index (χ1v) is 6.62. The molecule has 1 aromatic carbocycles. The predicted molar refractivity (Wildman–Crippen MR) is 71.5 cm³/mol. The van der Waals surface area contributed by atoms with Crippen LogP contribution in [0.3, 0.4) is 0 Å². The van der Waals surface area contributed by atoms with Gasteiger partial charge in [-0.05, 0) is 37.8 Å². The average molecular weight is 245 g/mol. The van der Waals surface area contributed by atoms with Crippen LogP contribution in [0.15, 0.2) is 28.7 Å². The highest BCUT2D eigenvalue weighted by Gasteiger charge is 2.25. The molecule has 1 aliphatic heterocycles. The fraction of sp³-hybridized carbons (Fsp3) is 0.467. The maximum atomic E-state index is 6.26. The van der Waals surface area contributed by atoms with Crippen molar-refractivity contribution in [3.05, 3.63) is 35.6 Å². The van der Waals surface area contributed by atoms with Crippen molar-refractivity contribution in [2.24, 2.45) is 5.73 Å². The Kier molecular flexibility index (Phi) is 3.10. The van der Waals surface area contributed by atoms with E-state index in [-0.39, 0.29) is 12.1 Å². The van der Waals surface area contributed by atoms with Gasteiger partial charge in [0.2, 0.25) is 0 Å². The molecule has 2 heterocycles. The fourth-order valence-corrected chi connectivity index (χ4v) is 2.63. The van der Waals surface area contributed by atoms with E-state index in [1.165, 1.54) is 6.42 Å². The molecule has 1 aliphatic rings. The van der Waals surface area contributed by atoms with Crippen LogP contribution in [0.4, 0.5) is 0 Å². The largest absolute Gasteiger partial charge is 0.459 e. The molecule has 0 amide bonds. The van der Waals surface area contributed by atoms with Gasteiger partial charge in [-0.15, -0.1) is 0 Å². The normalized spacial score (nSPS) is 22.2. The minimum atomic E-state index is -0.155. The monoisotopic (exact) mass is 245 g/mol. The maximum absolute atomic E-state index is 6.26. The second-order valence-corrected chi connectivity index (χ2v) is 5.07. The molecule has 18 heavy (non-hydrogen) atoms. The van der Waals surface area contributed by atoms with Crippen LogP contribution in [0.25, 0.3) is 11.0 Å². The van der Waals surface area contributed by atoms with Crippen LogP contribution in [-0.4, -0.2) is 12.7 Å². The quantitative estimate of drug-likeness (QED) is 0.883. The lowest BCUT2D eigenvalue weighted by Gasteiger charge is -2.26. The second-order valence-electron chi connectivity index (χ2n) is 5.07. The molecule has 1 fully saturated rings. The van der Waals surface area contributed by atoms with Gasteiger partial charge < -0.3 is 14.9 Å². The molecule has 0 radical (unpaired) electrons. The summed E-state index contributed by atoms with van der Waals surface area (Å²) in [5, 5.41) is 1.12. The minimum absolute atomic E-state index is 0.0969. The van der Waals surface area contributed by atoms with Crippen LogP contribution in [0.1, 0.15) is 36.6 Å². The number of rotatable bonds is 2. The minimum Gasteiger partial charge on any atom is -0.459 e. The molecule has 0 saturated carbocycles. The molecule has 0 aliphatic carbocycles. The van der Waals surface area contributed by atoms with Gasteiger partial charge in [-0.2, -0.15) is 0 Å². The van der Waals surface area contributed by atoms with Crippen LogP contribution in [0, 0.1) is 6.92 Å². The van der Waals surface area contributed by atoms with E-state index in [9.17, 15) is 0 Å². The molecule has 96 valence electrons. The Hall–Kier alpha value is -1.32. The van der Waals surface area contributed by atoms with Crippen LogP contribution >= 0.6 is 0 Å². The van der Waals surface area contributed by atoms with Crippen molar-refractivity contribution >= 4 is 11.0 Å². The summed E-state index contributed by atoms with van der Waals surface area (Å²) in [6, 6.07) is 8.05. The fourth-order valence-electron chi connectivity index (χ4n) is 2.63. The number of aryl methyl sites for hydroxylation is 1. The van der Waals surface area contributed by atoms with Crippen molar-refractivity contribution in [3.63, 3.8) is 0 Å². The predicted octanol–water partition coefficient (Wildman–Crippen LogP) is 3.31. The number of benzene rings is 1. The number of fused-ring (bicyclic) bond motifs is 1. The molecule has 3 nitrogen and oxygen atoms in total. The number of hydrogen-bond donors (Lipinski definition) is 1. The van der Waals surface area contributed by atoms with Gasteiger partial charge in [-0.3, -0.25) is 0 Å². The van der Waals surface area contributed by atoms with Crippen molar-refractivity contribution in [1.29, 1.82) is 0 Å². The molecule has 2 atom stereocenters. The van der Waals surface area contributed by atoms with Gasteiger partial charge in [-0.25, -0.2) is 0 Å². The third-order valence-corrected chi connectivity index (χ3v) is 3.70. The van der Waals surface area contributed by atoms with Gasteiger partial charge in [0.15, 0.2) is 0 Å². The zero-order chi connectivity index (χ0) is 12.5. The van der Waals surface area contributed by atoms with E-state index in [1.807, 2.05) is 12.1 Å². The topological polar surface area (TPSA) is 48.4 Å². The van der Waals surface area contributed by atoms with Crippen molar-refractivity contribution in [3.8, 4) is 0 Å². The molecule has 0 bridgehead atoms. The van der Waals surface area contributed by atoms with Crippen molar-refractivity contribution in [2.45, 2.75) is 38.3 Å². The summed E-state index contributed by atoms with van der Waals surface area (Å²) in [7, 11) is 0. The highest BCUT2D eigenvalue weighted by molar-refractivity contribution is 5.81. The Labute approximate surface area is 107 Å². The smallest absolute Gasteiger partial charge is 0.137 e. The zero-order valence-electron chi connectivity index (χ0n) is 10.7. The molecular weight excluding hydrogens is 226 g/mol. The number of para-hydroxylation sites is 1. The molecule has 3 rings (SSSR count). The molecule has 2 unspecified atom stereocenters. The third-order valence-electron chi connectivity index (χ3n) is 3.70. The molecule has 2 N–H and O–H groups in total. The number of nitrogens with two attached hydrogens (primary N) is 1. The van der Waals surface area contributed by atoms with Crippen LogP contribution < -0.4 is 5.73 Å². The second kappa shape index (κ2) is 4.75. The Bertz CT molecular complexity index is 540. The van der Waals surface area contributed by atoms with Gasteiger partial charge >= 0.3 is 0 Å². The van der Waals surface area contributed by atoms with Crippen molar-refractivity contribution < 1.29 is 9.15 Å². The van der Waals surface area contributed by atoms with Crippen molar-refractivity contribution in [2.75, 3.05) is 6.61 Å².